The minimum absolute atomic E-state index is 0.537. The van der Waals surface area contributed by atoms with Crippen LogP contribution in [0.15, 0.2) is 0 Å². The lowest BCUT2D eigenvalue weighted by Gasteiger charge is -2.00. The number of ether oxygens (including phenoxy) is 1. The highest BCUT2D eigenvalue weighted by atomic mass is 16.6. The molecule has 0 heterocycles. The molecule has 1 N–H and O–H groups in total. The van der Waals surface area contributed by atoms with Crippen molar-refractivity contribution in [3.8, 4) is 11.8 Å². The van der Waals surface area contributed by atoms with Gasteiger partial charge >= 0.3 is 5.97 Å². The number of esters is 1. The molecular weight excluding hydrogens is 120 g/mol. The summed E-state index contributed by atoms with van der Waals surface area (Å²) in [7, 11) is 0. The molecule has 0 aliphatic rings. The lowest BCUT2D eigenvalue weighted by atomic mass is 10.6. The van der Waals surface area contributed by atoms with Gasteiger partial charge in [-0.2, -0.15) is 0 Å². The average molecular weight is 128 g/mol. The molecule has 0 fully saturated rings. The second kappa shape index (κ2) is 3.93. The van der Waals surface area contributed by atoms with Gasteiger partial charge in [-0.25, -0.2) is 0 Å². The van der Waals surface area contributed by atoms with E-state index >= 15 is 0 Å². The molecule has 50 valence electrons. The molecule has 3 nitrogen and oxygen atoms in total. The Morgan fingerprint density at radius 1 is 1.78 bits per heavy atom. The molecule has 3 heteroatoms. The van der Waals surface area contributed by atoms with Crippen LogP contribution in [0, 0.1) is 11.8 Å². The van der Waals surface area contributed by atoms with Crippen LogP contribution in [0.25, 0.3) is 0 Å². The van der Waals surface area contributed by atoms with Crippen molar-refractivity contribution in [1.29, 1.82) is 0 Å². The number of carbonyl (C=O) groups excluding carboxylic acids is 1. The fourth-order valence-electron chi connectivity index (χ4n) is 0.310. The first-order valence-corrected chi connectivity index (χ1v) is 2.44. The Hall–Kier alpha value is -1.01. The van der Waals surface area contributed by atoms with E-state index < -0.39 is 12.3 Å². The van der Waals surface area contributed by atoms with Gasteiger partial charge in [-0.3, -0.25) is 4.79 Å². The number of carbonyl (C=O) groups is 1. The van der Waals surface area contributed by atoms with E-state index in [2.05, 4.69) is 16.6 Å². The Morgan fingerprint density at radius 3 is 2.67 bits per heavy atom. The molecule has 0 saturated heterocycles. The van der Waals surface area contributed by atoms with Gasteiger partial charge in [-0.1, -0.05) is 0 Å². The van der Waals surface area contributed by atoms with Gasteiger partial charge in [0.05, 0.1) is 0 Å². The monoisotopic (exact) mass is 128 g/mol. The van der Waals surface area contributed by atoms with Gasteiger partial charge in [0.1, 0.15) is 0 Å². The highest BCUT2D eigenvalue weighted by Crippen LogP contribution is 1.83. The van der Waals surface area contributed by atoms with Crippen LogP contribution < -0.4 is 0 Å². The first-order valence-electron chi connectivity index (χ1n) is 2.44. The van der Waals surface area contributed by atoms with Crippen molar-refractivity contribution < 1.29 is 14.6 Å². The molecule has 0 aromatic rings. The van der Waals surface area contributed by atoms with Crippen LogP contribution in [-0.2, 0) is 9.53 Å². The second-order valence-electron chi connectivity index (χ2n) is 1.36. The third kappa shape index (κ3) is 4.85. The fraction of sp³-hybridized carbons (Fsp3) is 0.500. The average Bonchev–Trinajstić information content (AvgIpc) is 1.63. The zero-order valence-electron chi connectivity index (χ0n) is 5.34. The first-order chi connectivity index (χ1) is 4.16. The smallest absolute Gasteiger partial charge is 0.305 e. The van der Waals surface area contributed by atoms with E-state index in [1.54, 1.807) is 6.92 Å². The number of hydrogen-bond acceptors (Lipinski definition) is 3. The first kappa shape index (κ1) is 7.99. The molecule has 0 spiro atoms. The molecule has 0 bridgehead atoms. The Bertz CT molecular complexity index is 151. The molecule has 1 unspecified atom stereocenters. The maximum atomic E-state index is 10.1. The Kier molecular flexibility index (Phi) is 3.49. The second-order valence-corrected chi connectivity index (χ2v) is 1.36. The summed E-state index contributed by atoms with van der Waals surface area (Å²) < 4.78 is 4.23. The molecule has 0 amide bonds. The zero-order valence-corrected chi connectivity index (χ0v) is 5.34. The molecule has 0 aliphatic heterocycles. The van der Waals surface area contributed by atoms with Crippen LogP contribution in [0.5, 0.6) is 0 Å². The van der Waals surface area contributed by atoms with Crippen LogP contribution in [0.2, 0.25) is 0 Å². The van der Waals surface area contributed by atoms with Crippen molar-refractivity contribution in [2.75, 3.05) is 0 Å². The maximum absolute atomic E-state index is 10.1. The van der Waals surface area contributed by atoms with Crippen LogP contribution in [0.1, 0.15) is 13.8 Å². The largest absolute Gasteiger partial charge is 0.424 e. The lowest BCUT2D eigenvalue weighted by Crippen LogP contribution is -2.12. The molecule has 0 rings (SSSR count). The summed E-state index contributed by atoms with van der Waals surface area (Å²) in [4.78, 5) is 10.1. The summed E-state index contributed by atoms with van der Waals surface area (Å²) in [6.45, 7) is 2.76. The van der Waals surface area contributed by atoms with E-state index in [9.17, 15) is 4.79 Å². The summed E-state index contributed by atoms with van der Waals surface area (Å²) in [5, 5.41) is 8.60. The zero-order chi connectivity index (χ0) is 7.28. The van der Waals surface area contributed by atoms with Crippen molar-refractivity contribution in [3.05, 3.63) is 0 Å². The van der Waals surface area contributed by atoms with Crippen LogP contribution in [-0.4, -0.2) is 17.4 Å². The molecule has 0 aliphatic carbocycles. The van der Waals surface area contributed by atoms with Gasteiger partial charge in [-0.15, -0.1) is 5.92 Å². The topological polar surface area (TPSA) is 46.5 Å². The van der Waals surface area contributed by atoms with Gasteiger partial charge in [0.25, 0.3) is 6.29 Å². The summed E-state index contributed by atoms with van der Waals surface area (Å²) >= 11 is 0. The summed E-state index contributed by atoms with van der Waals surface area (Å²) in [6, 6.07) is 0. The van der Waals surface area contributed by atoms with Gasteiger partial charge in [0.15, 0.2) is 0 Å². The summed E-state index contributed by atoms with van der Waals surface area (Å²) in [5.74, 6) is 4.10. The minimum atomic E-state index is -1.27. The Labute approximate surface area is 53.6 Å². The van der Waals surface area contributed by atoms with E-state index in [1.165, 1.54) is 6.92 Å². The highest BCUT2D eigenvalue weighted by molar-refractivity contribution is 5.66. The normalized spacial score (nSPS) is 11.0. The van der Waals surface area contributed by atoms with Crippen molar-refractivity contribution >= 4 is 5.97 Å². The van der Waals surface area contributed by atoms with E-state index in [4.69, 9.17) is 5.11 Å². The van der Waals surface area contributed by atoms with Crippen molar-refractivity contribution in [3.63, 3.8) is 0 Å². The minimum Gasteiger partial charge on any atom is -0.424 e. The lowest BCUT2D eigenvalue weighted by molar-refractivity contribution is -0.156. The quantitative estimate of drug-likeness (QED) is 0.304. The van der Waals surface area contributed by atoms with Crippen LogP contribution in [0.4, 0.5) is 0 Å². The molecule has 0 aromatic heterocycles. The number of rotatable bonds is 1. The van der Waals surface area contributed by atoms with Crippen molar-refractivity contribution in [2.24, 2.45) is 0 Å². The predicted octanol–water partition coefficient (Wildman–Crippen LogP) is -0.109. The van der Waals surface area contributed by atoms with Crippen LogP contribution in [0.3, 0.4) is 0 Å². The summed E-state index contributed by atoms with van der Waals surface area (Å²) in [5.41, 5.74) is 0. The Morgan fingerprint density at radius 2 is 2.33 bits per heavy atom. The molecule has 0 aromatic carbocycles. The molecular formula is C6H8O3. The Balaban J connectivity index is 3.59. The summed E-state index contributed by atoms with van der Waals surface area (Å²) in [6.07, 6.45) is -1.27. The number of aliphatic hydroxyl groups is 1. The SMILES string of the molecule is CC#CC(O)OC(C)=O. The van der Waals surface area contributed by atoms with E-state index in [0.717, 1.165) is 0 Å². The van der Waals surface area contributed by atoms with Gasteiger partial charge < -0.3 is 9.84 Å². The van der Waals surface area contributed by atoms with Crippen molar-refractivity contribution in [1.82, 2.24) is 0 Å². The number of hydrogen-bond donors (Lipinski definition) is 1. The van der Waals surface area contributed by atoms with Gasteiger partial charge in [-0.05, 0) is 12.8 Å². The molecule has 0 radical (unpaired) electrons. The highest BCUT2D eigenvalue weighted by Gasteiger charge is 1.99. The predicted molar refractivity (Wildman–Crippen MR) is 31.2 cm³/mol. The number of aliphatic hydroxyl groups excluding tert-OH is 1. The van der Waals surface area contributed by atoms with Gasteiger partial charge in [0, 0.05) is 6.92 Å². The third-order valence-corrected chi connectivity index (χ3v) is 0.545. The standard InChI is InChI=1S/C6H8O3/c1-3-4-6(8)9-5(2)7/h6,8H,1-2H3. The molecule has 1 atom stereocenters. The van der Waals surface area contributed by atoms with E-state index in [-0.39, 0.29) is 0 Å². The van der Waals surface area contributed by atoms with Crippen LogP contribution >= 0.6 is 0 Å². The molecule has 9 heavy (non-hydrogen) atoms. The van der Waals surface area contributed by atoms with E-state index in [0.29, 0.717) is 0 Å². The molecule has 0 saturated carbocycles. The fourth-order valence-corrected chi connectivity index (χ4v) is 0.310. The van der Waals surface area contributed by atoms with Crippen molar-refractivity contribution in [2.45, 2.75) is 20.1 Å². The third-order valence-electron chi connectivity index (χ3n) is 0.545. The maximum Gasteiger partial charge on any atom is 0.305 e. The van der Waals surface area contributed by atoms with Gasteiger partial charge in [0.2, 0.25) is 0 Å². The van der Waals surface area contributed by atoms with E-state index in [1.807, 2.05) is 0 Å².